The average molecular weight is 259 g/mol. The fraction of sp³-hybridized carbons (Fsp3) is 0. The maximum Gasteiger partial charge on any atom is 0.280 e. The SMILES string of the molecule is NC(=NC(=O)c1ccccc1Cl)c1ccccc1. The molecule has 2 rings (SSSR count). The van der Waals surface area contributed by atoms with Crippen LogP contribution in [0.15, 0.2) is 59.6 Å². The number of benzene rings is 2. The summed E-state index contributed by atoms with van der Waals surface area (Å²) in [6, 6.07) is 15.9. The molecule has 0 aromatic heterocycles. The second-order valence-electron chi connectivity index (χ2n) is 3.65. The van der Waals surface area contributed by atoms with Crippen molar-refractivity contribution < 1.29 is 4.79 Å². The Hall–Kier alpha value is -2.13. The van der Waals surface area contributed by atoms with Gasteiger partial charge in [0.2, 0.25) is 0 Å². The van der Waals surface area contributed by atoms with Crippen LogP contribution in [-0.4, -0.2) is 11.7 Å². The third-order valence-electron chi connectivity index (χ3n) is 2.40. The van der Waals surface area contributed by atoms with Crippen LogP contribution in [0.1, 0.15) is 15.9 Å². The fourth-order valence-electron chi connectivity index (χ4n) is 1.48. The van der Waals surface area contributed by atoms with Crippen LogP contribution in [0.5, 0.6) is 0 Å². The highest BCUT2D eigenvalue weighted by molar-refractivity contribution is 6.34. The zero-order valence-corrected chi connectivity index (χ0v) is 10.3. The molecule has 0 unspecified atom stereocenters. The summed E-state index contributed by atoms with van der Waals surface area (Å²) in [5.41, 5.74) is 6.82. The van der Waals surface area contributed by atoms with E-state index in [0.29, 0.717) is 16.1 Å². The lowest BCUT2D eigenvalue weighted by Gasteiger charge is -2.01. The van der Waals surface area contributed by atoms with Crippen LogP contribution in [0.2, 0.25) is 5.02 Å². The number of hydrogen-bond acceptors (Lipinski definition) is 1. The summed E-state index contributed by atoms with van der Waals surface area (Å²) in [6.07, 6.45) is 0. The number of carbonyl (C=O) groups is 1. The molecule has 2 N–H and O–H groups in total. The van der Waals surface area contributed by atoms with Crippen LogP contribution in [-0.2, 0) is 0 Å². The Labute approximate surface area is 110 Å². The van der Waals surface area contributed by atoms with E-state index in [4.69, 9.17) is 17.3 Å². The van der Waals surface area contributed by atoms with Crippen molar-refractivity contribution in [3.05, 3.63) is 70.7 Å². The van der Waals surface area contributed by atoms with Gasteiger partial charge in [0.1, 0.15) is 5.84 Å². The molecule has 0 bridgehead atoms. The van der Waals surface area contributed by atoms with Crippen LogP contribution in [0.4, 0.5) is 0 Å². The summed E-state index contributed by atoms with van der Waals surface area (Å²) in [4.78, 5) is 15.7. The van der Waals surface area contributed by atoms with Gasteiger partial charge in [0.25, 0.3) is 5.91 Å². The molecule has 2 aromatic carbocycles. The van der Waals surface area contributed by atoms with Crippen molar-refractivity contribution in [1.82, 2.24) is 0 Å². The van der Waals surface area contributed by atoms with Gasteiger partial charge in [0.05, 0.1) is 10.6 Å². The van der Waals surface area contributed by atoms with Crippen molar-refractivity contribution in [1.29, 1.82) is 0 Å². The van der Waals surface area contributed by atoms with Crippen molar-refractivity contribution in [2.24, 2.45) is 10.7 Å². The number of amides is 1. The number of nitrogens with two attached hydrogens (primary N) is 1. The van der Waals surface area contributed by atoms with Crippen molar-refractivity contribution in [3.63, 3.8) is 0 Å². The third kappa shape index (κ3) is 2.76. The highest BCUT2D eigenvalue weighted by atomic mass is 35.5. The molecule has 2 aromatic rings. The Kier molecular flexibility index (Phi) is 3.75. The Morgan fingerprint density at radius 2 is 1.61 bits per heavy atom. The van der Waals surface area contributed by atoms with E-state index >= 15 is 0 Å². The highest BCUT2D eigenvalue weighted by Crippen LogP contribution is 2.16. The lowest BCUT2D eigenvalue weighted by atomic mass is 10.2. The van der Waals surface area contributed by atoms with E-state index in [0.717, 1.165) is 0 Å². The van der Waals surface area contributed by atoms with E-state index < -0.39 is 5.91 Å². The summed E-state index contributed by atoms with van der Waals surface area (Å²) in [5.74, 6) is -0.262. The first-order valence-corrected chi connectivity index (χ1v) is 5.74. The second kappa shape index (κ2) is 5.47. The molecule has 0 aliphatic carbocycles. The lowest BCUT2D eigenvalue weighted by Crippen LogP contribution is -2.15. The molecule has 4 heteroatoms. The summed E-state index contributed by atoms with van der Waals surface area (Å²) >= 11 is 5.92. The Balaban J connectivity index is 2.29. The molecule has 0 saturated carbocycles. The molecule has 1 amide bonds. The molecule has 0 fully saturated rings. The smallest absolute Gasteiger partial charge is 0.280 e. The Morgan fingerprint density at radius 3 is 2.28 bits per heavy atom. The van der Waals surface area contributed by atoms with Gasteiger partial charge in [-0.3, -0.25) is 4.79 Å². The number of halogens is 1. The summed E-state index contributed by atoms with van der Waals surface area (Å²) in [7, 11) is 0. The number of nitrogens with zero attached hydrogens (tertiary/aromatic N) is 1. The van der Waals surface area contributed by atoms with E-state index in [2.05, 4.69) is 4.99 Å². The molecule has 0 aliphatic heterocycles. The first-order chi connectivity index (χ1) is 8.68. The molecule has 3 nitrogen and oxygen atoms in total. The van der Waals surface area contributed by atoms with Gasteiger partial charge >= 0.3 is 0 Å². The van der Waals surface area contributed by atoms with Crippen molar-refractivity contribution in [2.75, 3.05) is 0 Å². The van der Waals surface area contributed by atoms with Crippen molar-refractivity contribution in [3.8, 4) is 0 Å². The topological polar surface area (TPSA) is 55.4 Å². The van der Waals surface area contributed by atoms with Crippen LogP contribution < -0.4 is 5.73 Å². The van der Waals surface area contributed by atoms with Gasteiger partial charge < -0.3 is 5.73 Å². The van der Waals surface area contributed by atoms with Crippen molar-refractivity contribution in [2.45, 2.75) is 0 Å². The number of aliphatic imine (C=N–C) groups is 1. The summed E-state index contributed by atoms with van der Waals surface area (Å²) in [5, 5.41) is 0.368. The quantitative estimate of drug-likeness (QED) is 0.665. The number of rotatable bonds is 2. The minimum atomic E-state index is -0.443. The number of carbonyl (C=O) groups excluding carboxylic acids is 1. The van der Waals surface area contributed by atoms with Crippen LogP contribution in [0.3, 0.4) is 0 Å². The molecule has 18 heavy (non-hydrogen) atoms. The minimum Gasteiger partial charge on any atom is -0.383 e. The monoisotopic (exact) mass is 258 g/mol. The number of hydrogen-bond donors (Lipinski definition) is 1. The minimum absolute atomic E-state index is 0.181. The predicted octanol–water partition coefficient (Wildman–Crippen LogP) is 2.89. The van der Waals surface area contributed by atoms with Gasteiger partial charge in [-0.15, -0.1) is 0 Å². The van der Waals surface area contributed by atoms with E-state index in [1.54, 1.807) is 36.4 Å². The number of amidine groups is 1. The molecule has 0 atom stereocenters. The molecule has 0 heterocycles. The maximum atomic E-state index is 11.9. The van der Waals surface area contributed by atoms with Gasteiger partial charge in [-0.05, 0) is 12.1 Å². The molecule has 0 radical (unpaired) electrons. The highest BCUT2D eigenvalue weighted by Gasteiger charge is 2.09. The van der Waals surface area contributed by atoms with E-state index in [9.17, 15) is 4.79 Å². The second-order valence-corrected chi connectivity index (χ2v) is 4.06. The van der Waals surface area contributed by atoms with Gasteiger partial charge in [0.15, 0.2) is 0 Å². The first-order valence-electron chi connectivity index (χ1n) is 5.37. The standard InChI is InChI=1S/C14H11ClN2O/c15-12-9-5-4-8-11(12)14(18)17-13(16)10-6-2-1-3-7-10/h1-9H,(H2,16,17,18). The Bertz CT molecular complexity index is 594. The van der Waals surface area contributed by atoms with Gasteiger partial charge in [-0.1, -0.05) is 54.1 Å². The van der Waals surface area contributed by atoms with Crippen LogP contribution in [0, 0.1) is 0 Å². The molecule has 0 aliphatic rings. The summed E-state index contributed by atoms with van der Waals surface area (Å²) in [6.45, 7) is 0. The molecule has 0 saturated heterocycles. The van der Waals surface area contributed by atoms with Gasteiger partial charge in [-0.2, -0.15) is 4.99 Å². The average Bonchev–Trinajstić information content (AvgIpc) is 2.40. The van der Waals surface area contributed by atoms with E-state index in [1.165, 1.54) is 0 Å². The largest absolute Gasteiger partial charge is 0.383 e. The normalized spacial score (nSPS) is 11.3. The zero-order chi connectivity index (χ0) is 13.0. The zero-order valence-electron chi connectivity index (χ0n) is 9.51. The molecular weight excluding hydrogens is 248 g/mol. The van der Waals surface area contributed by atoms with Gasteiger partial charge in [0, 0.05) is 5.56 Å². The maximum absolute atomic E-state index is 11.9. The molecule has 0 spiro atoms. The van der Waals surface area contributed by atoms with Crippen molar-refractivity contribution >= 4 is 23.3 Å². The predicted molar refractivity (Wildman–Crippen MR) is 72.9 cm³/mol. The summed E-state index contributed by atoms with van der Waals surface area (Å²) < 4.78 is 0. The first kappa shape index (κ1) is 12.3. The third-order valence-corrected chi connectivity index (χ3v) is 2.73. The fourth-order valence-corrected chi connectivity index (χ4v) is 1.69. The van der Waals surface area contributed by atoms with E-state index in [-0.39, 0.29) is 5.84 Å². The molecular formula is C14H11ClN2O. The Morgan fingerprint density at radius 1 is 1.00 bits per heavy atom. The van der Waals surface area contributed by atoms with Crippen LogP contribution in [0.25, 0.3) is 0 Å². The molecule has 90 valence electrons. The van der Waals surface area contributed by atoms with Gasteiger partial charge in [-0.25, -0.2) is 0 Å². The lowest BCUT2D eigenvalue weighted by molar-refractivity contribution is 0.100. The van der Waals surface area contributed by atoms with Crippen LogP contribution >= 0.6 is 11.6 Å². The van der Waals surface area contributed by atoms with E-state index in [1.807, 2.05) is 18.2 Å².